The van der Waals surface area contributed by atoms with E-state index < -0.39 is 0 Å². The highest BCUT2D eigenvalue weighted by molar-refractivity contribution is 5.46. The highest BCUT2D eigenvalue weighted by Gasteiger charge is 2.15. The van der Waals surface area contributed by atoms with E-state index in [2.05, 4.69) is 65.0 Å². The average molecular weight is 267 g/mol. The molecule has 0 heterocycles. The van der Waals surface area contributed by atoms with Crippen LogP contribution in [0.3, 0.4) is 0 Å². The monoisotopic (exact) mass is 267 g/mol. The van der Waals surface area contributed by atoms with Gasteiger partial charge in [-0.2, -0.15) is 0 Å². The summed E-state index contributed by atoms with van der Waals surface area (Å²) >= 11 is 0. The summed E-state index contributed by atoms with van der Waals surface area (Å²) < 4.78 is 0. The van der Waals surface area contributed by atoms with Gasteiger partial charge in [0.2, 0.25) is 0 Å². The van der Waals surface area contributed by atoms with Crippen LogP contribution in [0.1, 0.15) is 45.0 Å². The Labute approximate surface area is 122 Å². The zero-order chi connectivity index (χ0) is 14.9. The average Bonchev–Trinajstić information content (AvgIpc) is 2.39. The second kappa shape index (κ2) is 5.80. The lowest BCUT2D eigenvalue weighted by atomic mass is 9.87. The van der Waals surface area contributed by atoms with Gasteiger partial charge in [-0.25, -0.2) is 0 Å². The van der Waals surface area contributed by atoms with Crippen LogP contribution in [0, 0.1) is 34.6 Å². The SMILES string of the molecule is Cc1ccc(CC(N)c2c(C)c(C)cc(C)c2C)cc1. The molecule has 1 atom stereocenters. The molecule has 106 valence electrons. The van der Waals surface area contributed by atoms with Gasteiger partial charge >= 0.3 is 0 Å². The summed E-state index contributed by atoms with van der Waals surface area (Å²) in [5, 5.41) is 0. The Bertz CT molecular complexity index is 582. The van der Waals surface area contributed by atoms with Crippen molar-refractivity contribution in [1.82, 2.24) is 0 Å². The third-order valence-corrected chi connectivity index (χ3v) is 4.37. The standard InChI is InChI=1S/C19H25N/c1-12-6-8-17(9-7-12)11-18(20)19-15(4)13(2)10-14(3)16(19)5/h6-10,18H,11,20H2,1-5H3. The first-order chi connectivity index (χ1) is 9.40. The number of hydrogen-bond acceptors (Lipinski definition) is 1. The molecule has 0 saturated heterocycles. The van der Waals surface area contributed by atoms with Crippen molar-refractivity contribution in [2.45, 2.75) is 47.1 Å². The summed E-state index contributed by atoms with van der Waals surface area (Å²) in [6, 6.07) is 11.0. The van der Waals surface area contributed by atoms with Crippen LogP contribution in [-0.2, 0) is 6.42 Å². The summed E-state index contributed by atoms with van der Waals surface area (Å²) in [6.45, 7) is 10.8. The Kier molecular flexibility index (Phi) is 4.29. The summed E-state index contributed by atoms with van der Waals surface area (Å²) in [6.07, 6.45) is 0.894. The van der Waals surface area contributed by atoms with Crippen molar-refractivity contribution in [3.8, 4) is 0 Å². The lowest BCUT2D eigenvalue weighted by Crippen LogP contribution is -2.17. The molecule has 20 heavy (non-hydrogen) atoms. The number of nitrogens with two attached hydrogens (primary N) is 1. The number of hydrogen-bond donors (Lipinski definition) is 1. The van der Waals surface area contributed by atoms with Crippen LogP contribution in [-0.4, -0.2) is 0 Å². The normalized spacial score (nSPS) is 12.5. The van der Waals surface area contributed by atoms with E-state index in [1.807, 2.05) is 0 Å². The predicted molar refractivity (Wildman–Crippen MR) is 87.2 cm³/mol. The number of benzene rings is 2. The quantitative estimate of drug-likeness (QED) is 0.872. The van der Waals surface area contributed by atoms with Gasteiger partial charge in [0.15, 0.2) is 0 Å². The van der Waals surface area contributed by atoms with Gasteiger partial charge < -0.3 is 5.73 Å². The maximum atomic E-state index is 6.50. The molecule has 0 saturated carbocycles. The largest absolute Gasteiger partial charge is 0.324 e. The van der Waals surface area contributed by atoms with Gasteiger partial charge in [0.05, 0.1) is 0 Å². The Hall–Kier alpha value is -1.60. The highest BCUT2D eigenvalue weighted by Crippen LogP contribution is 2.28. The molecule has 0 aliphatic rings. The van der Waals surface area contributed by atoms with Crippen molar-refractivity contribution < 1.29 is 0 Å². The van der Waals surface area contributed by atoms with Crippen LogP contribution < -0.4 is 5.73 Å². The van der Waals surface area contributed by atoms with E-state index in [1.165, 1.54) is 38.9 Å². The van der Waals surface area contributed by atoms with E-state index in [0.717, 1.165) is 6.42 Å². The Balaban J connectivity index is 2.34. The summed E-state index contributed by atoms with van der Waals surface area (Å²) in [5.74, 6) is 0. The van der Waals surface area contributed by atoms with Crippen molar-refractivity contribution in [1.29, 1.82) is 0 Å². The maximum absolute atomic E-state index is 6.50. The molecule has 2 aromatic rings. The zero-order valence-electron chi connectivity index (χ0n) is 13.2. The lowest BCUT2D eigenvalue weighted by Gasteiger charge is -2.21. The molecule has 1 nitrogen and oxygen atoms in total. The molecular weight excluding hydrogens is 242 g/mol. The molecule has 0 spiro atoms. The van der Waals surface area contributed by atoms with Crippen molar-refractivity contribution >= 4 is 0 Å². The fourth-order valence-electron chi connectivity index (χ4n) is 2.88. The van der Waals surface area contributed by atoms with Crippen molar-refractivity contribution in [3.63, 3.8) is 0 Å². The van der Waals surface area contributed by atoms with Crippen molar-refractivity contribution in [2.24, 2.45) is 5.73 Å². The van der Waals surface area contributed by atoms with Gasteiger partial charge in [-0.05, 0) is 74.4 Å². The smallest absolute Gasteiger partial charge is 0.0341 e. The van der Waals surface area contributed by atoms with E-state index in [-0.39, 0.29) is 6.04 Å². The third kappa shape index (κ3) is 2.94. The Morgan fingerprint density at radius 1 is 0.850 bits per heavy atom. The first kappa shape index (κ1) is 14.8. The van der Waals surface area contributed by atoms with E-state index in [1.54, 1.807) is 0 Å². The second-order valence-electron chi connectivity index (χ2n) is 5.97. The Morgan fingerprint density at radius 2 is 1.35 bits per heavy atom. The molecule has 0 fully saturated rings. The van der Waals surface area contributed by atoms with Crippen LogP contribution in [0.15, 0.2) is 30.3 Å². The van der Waals surface area contributed by atoms with Crippen LogP contribution in [0.2, 0.25) is 0 Å². The fourth-order valence-corrected chi connectivity index (χ4v) is 2.88. The van der Waals surface area contributed by atoms with Crippen LogP contribution in [0.5, 0.6) is 0 Å². The third-order valence-electron chi connectivity index (χ3n) is 4.37. The van der Waals surface area contributed by atoms with Gasteiger partial charge in [0.1, 0.15) is 0 Å². The summed E-state index contributed by atoms with van der Waals surface area (Å²) in [7, 11) is 0. The van der Waals surface area contributed by atoms with E-state index >= 15 is 0 Å². The Morgan fingerprint density at radius 3 is 1.85 bits per heavy atom. The molecule has 0 aromatic heterocycles. The van der Waals surface area contributed by atoms with Gasteiger partial charge in [-0.1, -0.05) is 35.9 Å². The molecular formula is C19H25N. The molecule has 0 aliphatic heterocycles. The minimum absolute atomic E-state index is 0.0660. The molecule has 2 rings (SSSR count). The summed E-state index contributed by atoms with van der Waals surface area (Å²) in [4.78, 5) is 0. The number of aryl methyl sites for hydroxylation is 3. The zero-order valence-corrected chi connectivity index (χ0v) is 13.2. The number of rotatable bonds is 3. The van der Waals surface area contributed by atoms with Crippen LogP contribution in [0.4, 0.5) is 0 Å². The van der Waals surface area contributed by atoms with Gasteiger partial charge in [-0.15, -0.1) is 0 Å². The summed E-state index contributed by atoms with van der Waals surface area (Å²) in [5.41, 5.74) is 15.8. The lowest BCUT2D eigenvalue weighted by molar-refractivity contribution is 0.708. The van der Waals surface area contributed by atoms with Crippen LogP contribution >= 0.6 is 0 Å². The topological polar surface area (TPSA) is 26.0 Å². The minimum atomic E-state index is 0.0660. The molecule has 2 N–H and O–H groups in total. The predicted octanol–water partition coefficient (Wildman–Crippen LogP) is 4.47. The minimum Gasteiger partial charge on any atom is -0.324 e. The first-order valence-electron chi connectivity index (χ1n) is 7.28. The molecule has 0 aliphatic carbocycles. The van der Waals surface area contributed by atoms with Crippen LogP contribution in [0.25, 0.3) is 0 Å². The van der Waals surface area contributed by atoms with Gasteiger partial charge in [-0.3, -0.25) is 0 Å². The molecule has 0 amide bonds. The molecule has 2 aromatic carbocycles. The second-order valence-corrected chi connectivity index (χ2v) is 5.97. The fraction of sp³-hybridized carbons (Fsp3) is 0.368. The molecule has 0 radical (unpaired) electrons. The first-order valence-corrected chi connectivity index (χ1v) is 7.28. The molecule has 0 bridgehead atoms. The van der Waals surface area contributed by atoms with E-state index in [0.29, 0.717) is 0 Å². The van der Waals surface area contributed by atoms with Gasteiger partial charge in [0, 0.05) is 6.04 Å². The van der Waals surface area contributed by atoms with Gasteiger partial charge in [0.25, 0.3) is 0 Å². The van der Waals surface area contributed by atoms with Crippen molar-refractivity contribution in [3.05, 3.63) is 69.3 Å². The van der Waals surface area contributed by atoms with E-state index in [9.17, 15) is 0 Å². The maximum Gasteiger partial charge on any atom is 0.0341 e. The molecule has 1 unspecified atom stereocenters. The van der Waals surface area contributed by atoms with E-state index in [4.69, 9.17) is 5.73 Å². The van der Waals surface area contributed by atoms with Crippen molar-refractivity contribution in [2.75, 3.05) is 0 Å². The highest BCUT2D eigenvalue weighted by atomic mass is 14.6. The molecule has 1 heteroatoms.